The molecule has 2 N–H and O–H groups in total. The number of aromatic nitrogens is 2. The second kappa shape index (κ2) is 4.85. The molecule has 0 atom stereocenters. The molecule has 0 saturated heterocycles. The Labute approximate surface area is 116 Å². The van der Waals surface area contributed by atoms with Crippen molar-refractivity contribution in [2.24, 2.45) is 10.7 Å². The summed E-state index contributed by atoms with van der Waals surface area (Å²) < 4.78 is 0. The van der Waals surface area contributed by atoms with Crippen LogP contribution in [0.3, 0.4) is 0 Å². The molecule has 0 unspecified atom stereocenters. The van der Waals surface area contributed by atoms with Gasteiger partial charge in [0.15, 0.2) is 0 Å². The van der Waals surface area contributed by atoms with E-state index in [1.807, 2.05) is 25.1 Å². The second-order valence-electron chi connectivity index (χ2n) is 4.83. The Kier molecular flexibility index (Phi) is 3.02. The van der Waals surface area contributed by atoms with E-state index in [1.165, 1.54) is 0 Å². The number of nitrogens with zero attached hydrogens (tertiary/aromatic N) is 3. The van der Waals surface area contributed by atoms with Crippen LogP contribution in [0.2, 0.25) is 0 Å². The minimum atomic E-state index is -0.374. The van der Waals surface area contributed by atoms with Gasteiger partial charge < -0.3 is 5.73 Å². The van der Waals surface area contributed by atoms with Crippen molar-refractivity contribution in [2.75, 3.05) is 0 Å². The van der Waals surface area contributed by atoms with E-state index in [2.05, 4.69) is 15.0 Å². The van der Waals surface area contributed by atoms with Crippen LogP contribution >= 0.6 is 0 Å². The van der Waals surface area contributed by atoms with E-state index < -0.39 is 0 Å². The van der Waals surface area contributed by atoms with E-state index in [-0.39, 0.29) is 12.3 Å². The van der Waals surface area contributed by atoms with Gasteiger partial charge in [0.05, 0.1) is 24.4 Å². The Balaban J connectivity index is 1.96. The van der Waals surface area contributed by atoms with Gasteiger partial charge in [0.25, 0.3) is 0 Å². The van der Waals surface area contributed by atoms with Crippen molar-refractivity contribution < 1.29 is 4.79 Å². The molecule has 1 amide bonds. The Hall–Kier alpha value is -2.56. The molecule has 0 bridgehead atoms. The zero-order chi connectivity index (χ0) is 14.1. The second-order valence-corrected chi connectivity index (χ2v) is 4.83. The van der Waals surface area contributed by atoms with Crippen LogP contribution < -0.4 is 5.73 Å². The summed E-state index contributed by atoms with van der Waals surface area (Å²) in [4.78, 5) is 24.0. The summed E-state index contributed by atoms with van der Waals surface area (Å²) in [7, 11) is 0. The first kappa shape index (κ1) is 12.5. The molecule has 100 valence electrons. The predicted molar refractivity (Wildman–Crippen MR) is 75.5 cm³/mol. The molecule has 2 aromatic rings. The monoisotopic (exact) mass is 266 g/mol. The van der Waals surface area contributed by atoms with E-state index in [9.17, 15) is 4.79 Å². The average molecular weight is 266 g/mol. The number of amides is 1. The molecule has 0 spiro atoms. The number of nitrogens with two attached hydrogens (primary N) is 1. The number of carbonyl (C=O) groups is 1. The van der Waals surface area contributed by atoms with Crippen LogP contribution in [-0.2, 0) is 17.8 Å². The van der Waals surface area contributed by atoms with Crippen molar-refractivity contribution in [3.05, 3.63) is 58.7 Å². The maximum absolute atomic E-state index is 10.9. The summed E-state index contributed by atoms with van der Waals surface area (Å²) in [5.41, 5.74) is 10.9. The van der Waals surface area contributed by atoms with Gasteiger partial charge in [-0.3, -0.25) is 19.8 Å². The quantitative estimate of drug-likeness (QED) is 0.905. The van der Waals surface area contributed by atoms with Crippen LogP contribution in [0, 0.1) is 6.92 Å². The topological polar surface area (TPSA) is 81.2 Å². The van der Waals surface area contributed by atoms with Crippen molar-refractivity contribution in [2.45, 2.75) is 19.9 Å². The fraction of sp³-hybridized carbons (Fsp3) is 0.200. The molecule has 1 aliphatic rings. The number of hydrogen-bond donors (Lipinski definition) is 1. The van der Waals surface area contributed by atoms with Crippen molar-refractivity contribution in [1.29, 1.82) is 0 Å². The number of aliphatic imine (C=N–C) groups is 1. The average Bonchev–Trinajstić information content (AvgIpc) is 2.81. The third kappa shape index (κ3) is 2.30. The third-order valence-electron chi connectivity index (χ3n) is 3.23. The SMILES string of the molecule is Cc1cc(C2=NCc3cc(CC(N)=O)ncc32)ccn1. The fourth-order valence-electron chi connectivity index (χ4n) is 2.35. The summed E-state index contributed by atoms with van der Waals surface area (Å²) in [5.74, 6) is -0.374. The van der Waals surface area contributed by atoms with Crippen molar-refractivity contribution in [3.8, 4) is 0 Å². The normalized spacial score (nSPS) is 12.9. The predicted octanol–water partition coefficient (Wildman–Crippen LogP) is 1.16. The molecule has 0 radical (unpaired) electrons. The lowest BCUT2D eigenvalue weighted by atomic mass is 10.0. The van der Waals surface area contributed by atoms with Crippen LogP contribution in [0.4, 0.5) is 0 Å². The zero-order valence-corrected chi connectivity index (χ0v) is 11.1. The van der Waals surface area contributed by atoms with Gasteiger partial charge in [0.2, 0.25) is 5.91 Å². The van der Waals surface area contributed by atoms with E-state index in [1.54, 1.807) is 12.4 Å². The van der Waals surface area contributed by atoms with Gasteiger partial charge in [-0.05, 0) is 30.7 Å². The molecule has 0 aliphatic carbocycles. The van der Waals surface area contributed by atoms with Crippen LogP contribution in [0.5, 0.6) is 0 Å². The minimum absolute atomic E-state index is 0.164. The summed E-state index contributed by atoms with van der Waals surface area (Å²) in [6.45, 7) is 2.56. The summed E-state index contributed by atoms with van der Waals surface area (Å²) in [5, 5.41) is 0. The third-order valence-corrected chi connectivity index (χ3v) is 3.23. The highest BCUT2D eigenvalue weighted by Gasteiger charge is 2.19. The highest BCUT2D eigenvalue weighted by Crippen LogP contribution is 2.23. The Bertz CT molecular complexity index is 722. The first-order valence-corrected chi connectivity index (χ1v) is 6.37. The summed E-state index contributed by atoms with van der Waals surface area (Å²) >= 11 is 0. The first-order chi connectivity index (χ1) is 9.63. The van der Waals surface area contributed by atoms with Crippen molar-refractivity contribution >= 4 is 11.6 Å². The molecule has 3 rings (SSSR count). The standard InChI is InChI=1S/C15H14N4O/c1-9-4-10(2-3-17-9)15-13-8-18-12(6-14(16)20)5-11(13)7-19-15/h2-5,8H,6-7H2,1H3,(H2,16,20). The van der Waals surface area contributed by atoms with Crippen molar-refractivity contribution in [3.63, 3.8) is 0 Å². The number of aryl methyl sites for hydroxylation is 1. The van der Waals surface area contributed by atoms with Gasteiger partial charge in [0.1, 0.15) is 0 Å². The van der Waals surface area contributed by atoms with Gasteiger partial charge in [-0.2, -0.15) is 0 Å². The molecule has 5 nitrogen and oxygen atoms in total. The lowest BCUT2D eigenvalue weighted by Crippen LogP contribution is -2.15. The highest BCUT2D eigenvalue weighted by molar-refractivity contribution is 6.15. The van der Waals surface area contributed by atoms with Crippen LogP contribution in [0.1, 0.15) is 28.1 Å². The number of fused-ring (bicyclic) bond motifs is 1. The summed E-state index contributed by atoms with van der Waals surface area (Å²) in [6.07, 6.45) is 3.71. The van der Waals surface area contributed by atoms with E-state index in [0.29, 0.717) is 12.2 Å². The number of primary amides is 1. The van der Waals surface area contributed by atoms with Crippen LogP contribution in [0.25, 0.3) is 0 Å². The maximum Gasteiger partial charge on any atom is 0.223 e. The van der Waals surface area contributed by atoms with Gasteiger partial charge in [-0.15, -0.1) is 0 Å². The molecular weight excluding hydrogens is 252 g/mol. The largest absolute Gasteiger partial charge is 0.369 e. The van der Waals surface area contributed by atoms with Gasteiger partial charge in [-0.1, -0.05) is 0 Å². The van der Waals surface area contributed by atoms with E-state index in [0.717, 1.165) is 28.1 Å². The van der Waals surface area contributed by atoms with E-state index in [4.69, 9.17) is 5.73 Å². The van der Waals surface area contributed by atoms with Crippen LogP contribution in [0.15, 0.2) is 35.6 Å². The van der Waals surface area contributed by atoms with E-state index >= 15 is 0 Å². The number of carbonyl (C=O) groups excluding carboxylic acids is 1. The zero-order valence-electron chi connectivity index (χ0n) is 11.1. The van der Waals surface area contributed by atoms with Crippen LogP contribution in [-0.4, -0.2) is 21.6 Å². The fourth-order valence-corrected chi connectivity index (χ4v) is 2.35. The van der Waals surface area contributed by atoms with Gasteiger partial charge >= 0.3 is 0 Å². The Morgan fingerprint density at radius 2 is 2.20 bits per heavy atom. The highest BCUT2D eigenvalue weighted by atomic mass is 16.1. The first-order valence-electron chi connectivity index (χ1n) is 6.37. The minimum Gasteiger partial charge on any atom is -0.369 e. The molecule has 2 aromatic heterocycles. The molecule has 20 heavy (non-hydrogen) atoms. The smallest absolute Gasteiger partial charge is 0.223 e. The molecule has 0 fully saturated rings. The molecular formula is C15H14N4O. The summed E-state index contributed by atoms with van der Waals surface area (Å²) in [6, 6.07) is 5.86. The lowest BCUT2D eigenvalue weighted by Gasteiger charge is -2.05. The Morgan fingerprint density at radius 1 is 1.35 bits per heavy atom. The molecule has 0 aromatic carbocycles. The lowest BCUT2D eigenvalue weighted by molar-refractivity contribution is -0.117. The molecule has 1 aliphatic heterocycles. The van der Waals surface area contributed by atoms with Gasteiger partial charge in [-0.25, -0.2) is 0 Å². The number of hydrogen-bond acceptors (Lipinski definition) is 4. The van der Waals surface area contributed by atoms with Gasteiger partial charge in [0, 0.05) is 29.2 Å². The molecule has 5 heteroatoms. The molecule has 3 heterocycles. The number of pyridine rings is 2. The maximum atomic E-state index is 10.9. The number of rotatable bonds is 3. The molecule has 0 saturated carbocycles. The van der Waals surface area contributed by atoms with Crippen molar-refractivity contribution in [1.82, 2.24) is 9.97 Å². The Morgan fingerprint density at radius 3 is 2.95 bits per heavy atom.